The largest absolute Gasteiger partial charge is 0.351 e. The summed E-state index contributed by atoms with van der Waals surface area (Å²) in [5.74, 6) is -0.621. The molecular formula is C20H13Cl2F2N5O2. The van der Waals surface area contributed by atoms with Gasteiger partial charge in [0.15, 0.2) is 0 Å². The van der Waals surface area contributed by atoms with Crippen molar-refractivity contribution in [3.8, 4) is 22.9 Å². The summed E-state index contributed by atoms with van der Waals surface area (Å²) >= 11 is 11.9. The quantitative estimate of drug-likeness (QED) is 0.593. The van der Waals surface area contributed by atoms with Crippen molar-refractivity contribution >= 4 is 29.0 Å². The maximum absolute atomic E-state index is 13.8. The van der Waals surface area contributed by atoms with Crippen molar-refractivity contribution in [3.63, 3.8) is 0 Å². The highest BCUT2D eigenvalue weighted by Crippen LogP contribution is 2.33. The Bertz CT molecular complexity index is 1340. The molecule has 3 aromatic rings. The highest BCUT2D eigenvalue weighted by Gasteiger charge is 2.33. The highest BCUT2D eigenvalue weighted by molar-refractivity contribution is 6.31. The van der Waals surface area contributed by atoms with Crippen LogP contribution in [0.25, 0.3) is 16.8 Å². The third-order valence-corrected chi connectivity index (χ3v) is 5.34. The molecule has 0 unspecified atom stereocenters. The molecule has 158 valence electrons. The number of benzene rings is 1. The minimum Gasteiger partial charge on any atom is -0.351 e. The molecule has 1 saturated heterocycles. The van der Waals surface area contributed by atoms with Crippen LogP contribution in [0.5, 0.6) is 0 Å². The molecule has 0 radical (unpaired) electrons. The van der Waals surface area contributed by atoms with Gasteiger partial charge >= 0.3 is 5.69 Å². The van der Waals surface area contributed by atoms with E-state index < -0.39 is 29.8 Å². The van der Waals surface area contributed by atoms with Gasteiger partial charge in [0.2, 0.25) is 0 Å². The van der Waals surface area contributed by atoms with Crippen LogP contribution in [0.3, 0.4) is 0 Å². The number of halogens is 4. The van der Waals surface area contributed by atoms with E-state index in [1.165, 1.54) is 35.5 Å². The lowest BCUT2D eigenvalue weighted by Crippen LogP contribution is -2.53. The fourth-order valence-electron chi connectivity index (χ4n) is 3.44. The maximum atomic E-state index is 13.8. The molecule has 1 fully saturated rings. The summed E-state index contributed by atoms with van der Waals surface area (Å²) in [6.07, 6.45) is 1.46. The summed E-state index contributed by atoms with van der Waals surface area (Å²) in [6.45, 7) is -0.526. The summed E-state index contributed by atoms with van der Waals surface area (Å²) in [5.41, 5.74) is -1.30. The first kappa shape index (κ1) is 21.0. The smallest absolute Gasteiger partial charge is 0.338 e. The molecule has 4 rings (SSSR count). The summed E-state index contributed by atoms with van der Waals surface area (Å²) in [4.78, 5) is 32.2. The Morgan fingerprint density at radius 1 is 1.19 bits per heavy atom. The van der Waals surface area contributed by atoms with Gasteiger partial charge in [-0.2, -0.15) is 5.26 Å². The van der Waals surface area contributed by atoms with Gasteiger partial charge in [-0.15, -0.1) is 0 Å². The first-order chi connectivity index (χ1) is 14.8. The molecule has 0 aliphatic carbocycles. The third-order valence-electron chi connectivity index (χ3n) is 4.84. The summed E-state index contributed by atoms with van der Waals surface area (Å²) in [6, 6.07) is 6.91. The van der Waals surface area contributed by atoms with Gasteiger partial charge in [0.25, 0.3) is 5.56 Å². The first-order valence-electron chi connectivity index (χ1n) is 9.04. The van der Waals surface area contributed by atoms with Gasteiger partial charge in [-0.05, 0) is 23.8 Å². The minimum absolute atomic E-state index is 0.0244. The van der Waals surface area contributed by atoms with E-state index in [0.29, 0.717) is 0 Å². The van der Waals surface area contributed by atoms with Crippen LogP contribution in [-0.2, 0) is 6.54 Å². The second-order valence-electron chi connectivity index (χ2n) is 6.86. The molecule has 1 aliphatic heterocycles. The van der Waals surface area contributed by atoms with Crippen molar-refractivity contribution in [2.75, 3.05) is 18.0 Å². The minimum atomic E-state index is -1.14. The number of anilines is 1. The van der Waals surface area contributed by atoms with Gasteiger partial charge in [0.05, 0.1) is 46.7 Å². The van der Waals surface area contributed by atoms with Crippen molar-refractivity contribution in [2.45, 2.75) is 12.7 Å². The van der Waals surface area contributed by atoms with E-state index in [-0.39, 0.29) is 45.8 Å². The molecule has 1 aromatic carbocycles. The molecule has 3 heterocycles. The van der Waals surface area contributed by atoms with Gasteiger partial charge in [-0.25, -0.2) is 18.1 Å². The van der Waals surface area contributed by atoms with E-state index in [9.17, 15) is 23.6 Å². The number of pyridine rings is 1. The Hall–Kier alpha value is -3.22. The standard InChI is InChI=1S/C20H13Cl2F2N5O2/c21-12-6-14(8-26-7-12)29-19(30)17(11-1-2-16(24)15(22)5-11)18(27-9-13(23)10-27)28(4-3-25)20(29)31/h1-2,5-8,13H,4,9-10H2. The Morgan fingerprint density at radius 3 is 2.55 bits per heavy atom. The lowest BCUT2D eigenvalue weighted by molar-refractivity contribution is 0.271. The molecule has 0 saturated carbocycles. The lowest BCUT2D eigenvalue weighted by Gasteiger charge is -2.38. The predicted octanol–water partition coefficient (Wildman–Crippen LogP) is 3.19. The molecule has 31 heavy (non-hydrogen) atoms. The first-order valence-corrected chi connectivity index (χ1v) is 9.79. The molecule has 0 N–H and O–H groups in total. The molecule has 0 spiro atoms. The van der Waals surface area contributed by atoms with Crippen molar-refractivity contribution < 1.29 is 8.78 Å². The van der Waals surface area contributed by atoms with Crippen LogP contribution >= 0.6 is 23.2 Å². The zero-order valence-corrected chi connectivity index (χ0v) is 17.2. The van der Waals surface area contributed by atoms with Crippen molar-refractivity contribution in [1.29, 1.82) is 5.26 Å². The summed E-state index contributed by atoms with van der Waals surface area (Å²) in [5, 5.41) is 9.27. The number of hydrogen-bond acceptors (Lipinski definition) is 5. The second-order valence-corrected chi connectivity index (χ2v) is 7.70. The zero-order valence-electron chi connectivity index (χ0n) is 15.7. The van der Waals surface area contributed by atoms with Crippen molar-refractivity contribution in [3.05, 3.63) is 73.4 Å². The molecule has 0 atom stereocenters. The topological polar surface area (TPSA) is 83.9 Å². The number of hydrogen-bond donors (Lipinski definition) is 0. The van der Waals surface area contributed by atoms with Gasteiger partial charge in [-0.1, -0.05) is 29.3 Å². The summed E-state index contributed by atoms with van der Waals surface area (Å²) < 4.78 is 29.3. The van der Waals surface area contributed by atoms with E-state index in [0.717, 1.165) is 15.2 Å². The van der Waals surface area contributed by atoms with Crippen LogP contribution in [0.2, 0.25) is 10.0 Å². The monoisotopic (exact) mass is 463 g/mol. The lowest BCUT2D eigenvalue weighted by atomic mass is 10.0. The van der Waals surface area contributed by atoms with E-state index in [2.05, 4.69) is 4.98 Å². The molecular weight excluding hydrogens is 451 g/mol. The van der Waals surface area contributed by atoms with Crippen molar-refractivity contribution in [2.24, 2.45) is 0 Å². The fraction of sp³-hybridized carbons (Fsp3) is 0.200. The number of nitriles is 1. The van der Waals surface area contributed by atoms with Crippen molar-refractivity contribution in [1.82, 2.24) is 14.1 Å². The molecule has 2 aromatic heterocycles. The summed E-state index contributed by atoms with van der Waals surface area (Å²) in [7, 11) is 0. The zero-order chi connectivity index (χ0) is 22.3. The van der Waals surface area contributed by atoms with Gasteiger partial charge in [-0.3, -0.25) is 14.3 Å². The molecule has 0 bridgehead atoms. The molecule has 1 aliphatic rings. The van der Waals surface area contributed by atoms with Gasteiger partial charge in [0, 0.05) is 6.20 Å². The number of aromatic nitrogens is 3. The number of nitrogens with zero attached hydrogens (tertiary/aromatic N) is 5. The van der Waals surface area contributed by atoms with Gasteiger partial charge in [0.1, 0.15) is 24.4 Å². The number of alkyl halides is 1. The van der Waals surface area contributed by atoms with Crippen LogP contribution in [-0.4, -0.2) is 33.4 Å². The normalized spacial score (nSPS) is 13.7. The predicted molar refractivity (Wildman–Crippen MR) is 112 cm³/mol. The van der Waals surface area contributed by atoms with E-state index >= 15 is 0 Å². The molecule has 11 heteroatoms. The Labute approximate surface area is 184 Å². The van der Waals surface area contributed by atoms with Crippen LogP contribution in [0.1, 0.15) is 0 Å². The SMILES string of the molecule is N#CCn1c(N2CC(F)C2)c(-c2ccc(F)c(Cl)c2)c(=O)n(-c2cncc(Cl)c2)c1=O. The maximum Gasteiger partial charge on any atom is 0.338 e. The Balaban J connectivity index is 2.12. The Morgan fingerprint density at radius 2 is 1.94 bits per heavy atom. The Kier molecular flexibility index (Phi) is 5.52. The fourth-order valence-corrected chi connectivity index (χ4v) is 3.78. The van der Waals surface area contributed by atoms with Crippen LogP contribution < -0.4 is 16.1 Å². The van der Waals surface area contributed by atoms with Crippen LogP contribution in [0, 0.1) is 17.1 Å². The number of rotatable bonds is 4. The van der Waals surface area contributed by atoms with Crippen LogP contribution in [0.4, 0.5) is 14.6 Å². The molecule has 7 nitrogen and oxygen atoms in total. The average Bonchev–Trinajstić information content (AvgIpc) is 2.70. The third kappa shape index (κ3) is 3.69. The highest BCUT2D eigenvalue weighted by atomic mass is 35.5. The van der Waals surface area contributed by atoms with E-state index in [1.807, 2.05) is 6.07 Å². The van der Waals surface area contributed by atoms with Crippen LogP contribution in [0.15, 0.2) is 46.2 Å². The average molecular weight is 464 g/mol. The van der Waals surface area contributed by atoms with E-state index in [1.54, 1.807) is 0 Å². The van der Waals surface area contributed by atoms with Gasteiger partial charge < -0.3 is 4.90 Å². The second kappa shape index (κ2) is 8.13. The van der Waals surface area contributed by atoms with E-state index in [4.69, 9.17) is 23.2 Å². The molecule has 0 amide bonds.